The van der Waals surface area contributed by atoms with Gasteiger partial charge in [0.1, 0.15) is 0 Å². The zero-order valence-corrected chi connectivity index (χ0v) is 39.2. The van der Waals surface area contributed by atoms with E-state index in [0.29, 0.717) is 6.42 Å². The lowest BCUT2D eigenvalue weighted by Gasteiger charge is -2.23. The molecule has 3 atom stereocenters. The lowest BCUT2D eigenvalue weighted by atomic mass is 10.0. The van der Waals surface area contributed by atoms with Crippen LogP contribution < -0.4 is 11.1 Å². The van der Waals surface area contributed by atoms with E-state index in [0.717, 1.165) is 38.5 Å². The van der Waals surface area contributed by atoms with E-state index >= 15 is 0 Å². The highest BCUT2D eigenvalue weighted by Crippen LogP contribution is 2.43. The molecule has 1 amide bonds. The molecule has 0 heterocycles. The van der Waals surface area contributed by atoms with Gasteiger partial charge >= 0.3 is 7.82 Å². The van der Waals surface area contributed by atoms with E-state index in [2.05, 4.69) is 31.3 Å². The number of aliphatic hydroxyl groups excluding tert-OH is 1. The van der Waals surface area contributed by atoms with Crippen LogP contribution in [0.5, 0.6) is 0 Å². The Morgan fingerprint density at radius 1 is 0.552 bits per heavy atom. The Bertz CT molecular complexity index is 963. The van der Waals surface area contributed by atoms with Gasteiger partial charge < -0.3 is 21.1 Å². The standard InChI is InChI=1S/C49H97N2O6P/c1-3-5-7-9-11-13-15-17-19-21-23-25-26-28-30-32-34-36-38-40-42-48(52)47(46-57-58(54,55)56-45-44-50)51-49(53)43-41-39-37-35-33-31-29-27-24-22-20-18-16-14-12-10-8-6-4-2/h18,20,40,42,47-48,52H,3-17,19,21-39,41,43-46,50H2,1-2H3,(H,51,53)(H,54,55)/b20-18-,42-40+. The summed E-state index contributed by atoms with van der Waals surface area (Å²) in [6.45, 7) is 4.16. The van der Waals surface area contributed by atoms with Crippen LogP contribution in [0.3, 0.4) is 0 Å². The van der Waals surface area contributed by atoms with E-state index in [1.54, 1.807) is 6.08 Å². The fourth-order valence-electron chi connectivity index (χ4n) is 7.48. The number of rotatable bonds is 47. The number of phosphoric acid groups is 1. The first-order chi connectivity index (χ1) is 28.4. The topological polar surface area (TPSA) is 131 Å². The molecule has 5 N–H and O–H groups in total. The molecule has 0 radical (unpaired) electrons. The van der Waals surface area contributed by atoms with Crippen LogP contribution in [0, 0.1) is 0 Å². The second-order valence-corrected chi connectivity index (χ2v) is 18.5. The molecule has 0 aromatic rings. The number of hydrogen-bond donors (Lipinski definition) is 4. The number of nitrogens with one attached hydrogen (secondary N) is 1. The molecule has 3 unspecified atom stereocenters. The first kappa shape index (κ1) is 57.0. The zero-order valence-electron chi connectivity index (χ0n) is 38.3. The van der Waals surface area contributed by atoms with Crippen LogP contribution in [-0.4, -0.2) is 47.8 Å². The van der Waals surface area contributed by atoms with Crippen molar-refractivity contribution >= 4 is 13.7 Å². The summed E-state index contributed by atoms with van der Waals surface area (Å²) in [4.78, 5) is 22.8. The molecular weight excluding hydrogens is 744 g/mol. The molecule has 9 heteroatoms. The molecule has 0 aliphatic rings. The largest absolute Gasteiger partial charge is 0.472 e. The highest BCUT2D eigenvalue weighted by molar-refractivity contribution is 7.47. The quantitative estimate of drug-likeness (QED) is 0.0273. The van der Waals surface area contributed by atoms with Gasteiger partial charge in [-0.25, -0.2) is 4.57 Å². The van der Waals surface area contributed by atoms with Gasteiger partial charge in [-0.2, -0.15) is 0 Å². The van der Waals surface area contributed by atoms with Crippen molar-refractivity contribution in [2.45, 2.75) is 264 Å². The van der Waals surface area contributed by atoms with Crippen molar-refractivity contribution in [1.82, 2.24) is 5.32 Å². The Balaban J connectivity index is 4.11. The number of aliphatic hydroxyl groups is 1. The second-order valence-electron chi connectivity index (χ2n) is 17.0. The Labute approximate surface area is 359 Å². The number of nitrogens with two attached hydrogens (primary N) is 1. The van der Waals surface area contributed by atoms with Crippen LogP contribution in [0.2, 0.25) is 0 Å². The van der Waals surface area contributed by atoms with E-state index < -0.39 is 20.0 Å². The van der Waals surface area contributed by atoms with E-state index in [1.165, 1.54) is 193 Å². The van der Waals surface area contributed by atoms with E-state index in [-0.39, 0.29) is 25.7 Å². The number of phosphoric ester groups is 1. The van der Waals surface area contributed by atoms with Crippen LogP contribution in [0.4, 0.5) is 0 Å². The highest BCUT2D eigenvalue weighted by Gasteiger charge is 2.26. The third-order valence-electron chi connectivity index (χ3n) is 11.3. The van der Waals surface area contributed by atoms with Crippen LogP contribution in [0.25, 0.3) is 0 Å². The van der Waals surface area contributed by atoms with Crippen LogP contribution in [0.15, 0.2) is 24.3 Å². The summed E-state index contributed by atoms with van der Waals surface area (Å²) in [5.41, 5.74) is 5.39. The van der Waals surface area contributed by atoms with Gasteiger partial charge in [-0.15, -0.1) is 0 Å². The average molecular weight is 841 g/mol. The summed E-state index contributed by atoms with van der Waals surface area (Å²) in [6.07, 6.45) is 53.8. The monoisotopic (exact) mass is 841 g/mol. The third kappa shape index (κ3) is 43.1. The molecule has 0 saturated heterocycles. The molecule has 0 bridgehead atoms. The number of carbonyl (C=O) groups excluding carboxylic acids is 1. The van der Waals surface area contributed by atoms with E-state index in [4.69, 9.17) is 14.8 Å². The first-order valence-corrected chi connectivity index (χ1v) is 26.5. The van der Waals surface area contributed by atoms with Gasteiger partial charge in [0.2, 0.25) is 5.91 Å². The lowest BCUT2D eigenvalue weighted by molar-refractivity contribution is -0.123. The minimum Gasteiger partial charge on any atom is -0.387 e. The molecule has 0 spiro atoms. The predicted octanol–water partition coefficient (Wildman–Crippen LogP) is 14.5. The number of unbranched alkanes of at least 4 members (excludes halogenated alkanes) is 33. The fourth-order valence-corrected chi connectivity index (χ4v) is 8.24. The van der Waals surface area contributed by atoms with Crippen molar-refractivity contribution in [3.63, 3.8) is 0 Å². The third-order valence-corrected chi connectivity index (χ3v) is 12.3. The van der Waals surface area contributed by atoms with Gasteiger partial charge in [0.25, 0.3) is 0 Å². The minimum atomic E-state index is -4.34. The van der Waals surface area contributed by atoms with Crippen molar-refractivity contribution in [1.29, 1.82) is 0 Å². The Hall–Kier alpha value is -1.02. The summed E-state index contributed by atoms with van der Waals surface area (Å²) in [5, 5.41) is 13.7. The number of carbonyl (C=O) groups is 1. The number of allylic oxidation sites excluding steroid dienone is 3. The summed E-state index contributed by atoms with van der Waals surface area (Å²) >= 11 is 0. The highest BCUT2D eigenvalue weighted by atomic mass is 31.2. The molecule has 58 heavy (non-hydrogen) atoms. The fraction of sp³-hybridized carbons (Fsp3) is 0.898. The molecule has 0 fully saturated rings. The minimum absolute atomic E-state index is 0.0795. The molecule has 344 valence electrons. The molecule has 0 aliphatic heterocycles. The van der Waals surface area contributed by atoms with Crippen LogP contribution in [-0.2, 0) is 18.4 Å². The summed E-state index contributed by atoms with van der Waals surface area (Å²) < 4.78 is 22.2. The van der Waals surface area contributed by atoms with Crippen molar-refractivity contribution in [2.24, 2.45) is 5.73 Å². The molecule has 0 aromatic heterocycles. The maximum absolute atomic E-state index is 12.8. The first-order valence-electron chi connectivity index (χ1n) is 25.0. The van der Waals surface area contributed by atoms with Crippen molar-refractivity contribution < 1.29 is 28.4 Å². The van der Waals surface area contributed by atoms with Gasteiger partial charge in [0.15, 0.2) is 0 Å². The lowest BCUT2D eigenvalue weighted by Crippen LogP contribution is -2.45. The Morgan fingerprint density at radius 3 is 1.28 bits per heavy atom. The van der Waals surface area contributed by atoms with Crippen molar-refractivity contribution in [3.05, 3.63) is 24.3 Å². The molecule has 0 aliphatic carbocycles. The normalized spacial score (nSPS) is 14.1. The van der Waals surface area contributed by atoms with Crippen molar-refractivity contribution in [3.8, 4) is 0 Å². The second kappa shape index (κ2) is 45.5. The molecule has 0 saturated carbocycles. The van der Waals surface area contributed by atoms with E-state index in [1.807, 2.05) is 6.08 Å². The maximum atomic E-state index is 12.8. The predicted molar refractivity (Wildman–Crippen MR) is 249 cm³/mol. The maximum Gasteiger partial charge on any atom is 0.472 e. The molecule has 0 rings (SSSR count). The summed E-state index contributed by atoms with van der Waals surface area (Å²) in [6, 6.07) is -0.859. The van der Waals surface area contributed by atoms with Gasteiger partial charge in [0.05, 0.1) is 25.4 Å². The van der Waals surface area contributed by atoms with Gasteiger partial charge in [-0.05, 0) is 44.9 Å². The summed E-state index contributed by atoms with van der Waals surface area (Å²) in [7, 11) is -4.34. The Kier molecular flexibility index (Phi) is 44.7. The van der Waals surface area contributed by atoms with Crippen LogP contribution in [0.1, 0.15) is 251 Å². The van der Waals surface area contributed by atoms with Gasteiger partial charge in [0, 0.05) is 13.0 Å². The number of hydrogen-bond acceptors (Lipinski definition) is 6. The summed E-state index contributed by atoms with van der Waals surface area (Å²) in [5.74, 6) is -0.193. The van der Waals surface area contributed by atoms with E-state index in [9.17, 15) is 19.4 Å². The van der Waals surface area contributed by atoms with Crippen LogP contribution >= 0.6 is 7.82 Å². The average Bonchev–Trinajstić information content (AvgIpc) is 3.21. The molecular formula is C49H97N2O6P. The smallest absolute Gasteiger partial charge is 0.387 e. The number of amides is 1. The Morgan fingerprint density at radius 2 is 0.897 bits per heavy atom. The molecule has 0 aromatic carbocycles. The van der Waals surface area contributed by atoms with Gasteiger partial charge in [-0.3, -0.25) is 13.8 Å². The zero-order chi connectivity index (χ0) is 42.5. The SMILES string of the molecule is CCCCCCCC/C=C\CCCCCCCCCCCC(=O)NC(COP(=O)(O)OCCN)C(O)/C=C/CCCCCCCCCCCCCCCCCCCC. The van der Waals surface area contributed by atoms with Gasteiger partial charge in [-0.1, -0.05) is 224 Å². The van der Waals surface area contributed by atoms with Crippen molar-refractivity contribution in [2.75, 3.05) is 19.8 Å². The molecule has 8 nitrogen and oxygen atoms in total.